The van der Waals surface area contributed by atoms with E-state index in [1.807, 2.05) is 26.0 Å². The van der Waals surface area contributed by atoms with Crippen LogP contribution in [-0.4, -0.2) is 10.9 Å². The van der Waals surface area contributed by atoms with Gasteiger partial charge in [0.25, 0.3) is 0 Å². The van der Waals surface area contributed by atoms with E-state index >= 15 is 0 Å². The molecule has 0 aliphatic carbocycles. The molecule has 0 unspecified atom stereocenters. The summed E-state index contributed by atoms with van der Waals surface area (Å²) in [7, 11) is 0. The van der Waals surface area contributed by atoms with Gasteiger partial charge >= 0.3 is 0 Å². The molecule has 1 rings (SSSR count). The maximum Gasteiger partial charge on any atom is 0.248 e. The highest BCUT2D eigenvalue weighted by molar-refractivity contribution is 5.99. The summed E-state index contributed by atoms with van der Waals surface area (Å²) in [5, 5.41) is 2.75. The number of nitrogens with zero attached hydrogens (tertiary/aromatic N) is 1. The molecule has 3 nitrogen and oxygen atoms in total. The fourth-order valence-electron chi connectivity index (χ4n) is 1.02. The van der Waals surface area contributed by atoms with E-state index < -0.39 is 0 Å². The number of allylic oxidation sites excluding steroid dienone is 3. The number of aryl methyl sites for hydroxylation is 1. The fraction of sp³-hybridized carbons (Fsp3) is 0.167. The number of pyridine rings is 1. The van der Waals surface area contributed by atoms with Crippen molar-refractivity contribution < 1.29 is 4.79 Å². The van der Waals surface area contributed by atoms with Gasteiger partial charge in [-0.2, -0.15) is 0 Å². The molecule has 0 saturated heterocycles. The molecule has 1 amide bonds. The average molecular weight is 202 g/mol. The van der Waals surface area contributed by atoms with E-state index in [0.29, 0.717) is 0 Å². The number of rotatable bonds is 3. The molecule has 15 heavy (non-hydrogen) atoms. The van der Waals surface area contributed by atoms with Crippen LogP contribution in [0.25, 0.3) is 0 Å². The third-order valence-corrected chi connectivity index (χ3v) is 1.85. The number of nitrogens with one attached hydrogen (secondary N) is 1. The Morgan fingerprint density at radius 1 is 1.47 bits per heavy atom. The summed E-state index contributed by atoms with van der Waals surface area (Å²) in [4.78, 5) is 15.3. The lowest BCUT2D eigenvalue weighted by molar-refractivity contribution is -0.111. The summed E-state index contributed by atoms with van der Waals surface area (Å²) in [6.45, 7) is 3.82. The smallest absolute Gasteiger partial charge is 0.248 e. The molecule has 0 bridgehead atoms. The lowest BCUT2D eigenvalue weighted by Crippen LogP contribution is -2.08. The highest BCUT2D eigenvalue weighted by Crippen LogP contribution is 2.10. The zero-order valence-electron chi connectivity index (χ0n) is 8.90. The van der Waals surface area contributed by atoms with Gasteiger partial charge in [0.05, 0.1) is 11.9 Å². The molecular formula is C12H14N2O. The van der Waals surface area contributed by atoms with Crippen LogP contribution < -0.4 is 5.32 Å². The molecule has 0 spiro atoms. The Labute approximate surface area is 89.5 Å². The summed E-state index contributed by atoms with van der Waals surface area (Å²) in [6, 6.07) is 1.85. The van der Waals surface area contributed by atoms with Crippen LogP contribution in [0.1, 0.15) is 12.5 Å². The molecule has 78 valence electrons. The third kappa shape index (κ3) is 3.77. The second-order valence-corrected chi connectivity index (χ2v) is 3.06. The Morgan fingerprint density at radius 2 is 2.27 bits per heavy atom. The molecule has 1 N–H and O–H groups in total. The van der Waals surface area contributed by atoms with Crippen molar-refractivity contribution in [3.8, 4) is 0 Å². The first-order valence-electron chi connectivity index (χ1n) is 4.75. The monoisotopic (exact) mass is 202 g/mol. The van der Waals surface area contributed by atoms with E-state index in [9.17, 15) is 4.79 Å². The zero-order chi connectivity index (χ0) is 11.1. The first kappa shape index (κ1) is 11.2. The fourth-order valence-corrected chi connectivity index (χ4v) is 1.02. The predicted molar refractivity (Wildman–Crippen MR) is 61.6 cm³/mol. The van der Waals surface area contributed by atoms with Crippen molar-refractivity contribution in [3.05, 3.63) is 48.3 Å². The van der Waals surface area contributed by atoms with Crippen molar-refractivity contribution in [3.63, 3.8) is 0 Å². The molecule has 0 fully saturated rings. The van der Waals surface area contributed by atoms with Gasteiger partial charge in [0, 0.05) is 12.3 Å². The summed E-state index contributed by atoms with van der Waals surface area (Å²) < 4.78 is 0. The van der Waals surface area contributed by atoms with Gasteiger partial charge in [-0.15, -0.1) is 0 Å². The molecular weight excluding hydrogens is 188 g/mol. The highest BCUT2D eigenvalue weighted by atomic mass is 16.1. The van der Waals surface area contributed by atoms with E-state index in [4.69, 9.17) is 0 Å². The van der Waals surface area contributed by atoms with Crippen LogP contribution in [-0.2, 0) is 4.79 Å². The van der Waals surface area contributed by atoms with Gasteiger partial charge in [-0.05, 0) is 25.5 Å². The van der Waals surface area contributed by atoms with Crippen LogP contribution in [0.2, 0.25) is 0 Å². The molecule has 1 heterocycles. The third-order valence-electron chi connectivity index (χ3n) is 1.85. The molecule has 3 heteroatoms. The number of carbonyl (C=O) groups is 1. The van der Waals surface area contributed by atoms with E-state index in [0.717, 1.165) is 11.3 Å². The standard InChI is InChI=1S/C12H14N2O/c1-3-4-5-6-12(15)14-11-9-13-8-7-10(11)2/h3-9H,1-2H3,(H,14,15)/b4-3+,6-5+. The molecule has 1 aromatic heterocycles. The van der Waals surface area contributed by atoms with Crippen LogP contribution in [0.4, 0.5) is 5.69 Å². The lowest BCUT2D eigenvalue weighted by atomic mass is 10.2. The second-order valence-electron chi connectivity index (χ2n) is 3.06. The lowest BCUT2D eigenvalue weighted by Gasteiger charge is -2.03. The molecule has 0 aliphatic heterocycles. The van der Waals surface area contributed by atoms with Gasteiger partial charge in [0.15, 0.2) is 0 Å². The number of hydrogen-bond acceptors (Lipinski definition) is 2. The molecule has 0 atom stereocenters. The Morgan fingerprint density at radius 3 is 2.93 bits per heavy atom. The first-order valence-corrected chi connectivity index (χ1v) is 4.75. The number of aromatic nitrogens is 1. The minimum absolute atomic E-state index is 0.149. The van der Waals surface area contributed by atoms with E-state index in [1.165, 1.54) is 6.08 Å². The summed E-state index contributed by atoms with van der Waals surface area (Å²) in [6.07, 6.45) is 10.2. The van der Waals surface area contributed by atoms with Crippen molar-refractivity contribution in [1.82, 2.24) is 4.98 Å². The van der Waals surface area contributed by atoms with Gasteiger partial charge in [-0.25, -0.2) is 0 Å². The zero-order valence-corrected chi connectivity index (χ0v) is 8.90. The van der Waals surface area contributed by atoms with Crippen molar-refractivity contribution >= 4 is 11.6 Å². The van der Waals surface area contributed by atoms with Crippen LogP contribution in [0.3, 0.4) is 0 Å². The Hall–Kier alpha value is -1.90. The summed E-state index contributed by atoms with van der Waals surface area (Å²) >= 11 is 0. The molecule has 0 radical (unpaired) electrons. The van der Waals surface area contributed by atoms with Crippen molar-refractivity contribution in [1.29, 1.82) is 0 Å². The normalized spacial score (nSPS) is 11.1. The van der Waals surface area contributed by atoms with Gasteiger partial charge < -0.3 is 5.32 Å². The molecule has 0 saturated carbocycles. The van der Waals surface area contributed by atoms with Gasteiger partial charge in [-0.3, -0.25) is 9.78 Å². The molecule has 0 aliphatic rings. The first-order chi connectivity index (χ1) is 7.24. The quantitative estimate of drug-likeness (QED) is 0.604. The van der Waals surface area contributed by atoms with Crippen molar-refractivity contribution in [2.45, 2.75) is 13.8 Å². The molecule has 0 aromatic carbocycles. The van der Waals surface area contributed by atoms with E-state index in [2.05, 4.69) is 10.3 Å². The minimum Gasteiger partial charge on any atom is -0.321 e. The average Bonchev–Trinajstić information content (AvgIpc) is 2.22. The van der Waals surface area contributed by atoms with Crippen molar-refractivity contribution in [2.75, 3.05) is 5.32 Å². The maximum absolute atomic E-state index is 11.4. The maximum atomic E-state index is 11.4. The Balaban J connectivity index is 2.63. The van der Waals surface area contributed by atoms with Gasteiger partial charge in [0.2, 0.25) is 5.91 Å². The number of hydrogen-bond donors (Lipinski definition) is 1. The second kappa shape index (κ2) is 5.75. The van der Waals surface area contributed by atoms with E-state index in [-0.39, 0.29) is 5.91 Å². The number of carbonyl (C=O) groups excluding carboxylic acids is 1. The van der Waals surface area contributed by atoms with Crippen LogP contribution in [0.15, 0.2) is 42.8 Å². The largest absolute Gasteiger partial charge is 0.321 e. The Kier molecular flexibility index (Phi) is 4.29. The minimum atomic E-state index is -0.149. The highest BCUT2D eigenvalue weighted by Gasteiger charge is 1.99. The Bertz CT molecular complexity index is 394. The summed E-state index contributed by atoms with van der Waals surface area (Å²) in [5.74, 6) is -0.149. The van der Waals surface area contributed by atoms with Gasteiger partial charge in [0.1, 0.15) is 0 Å². The van der Waals surface area contributed by atoms with Gasteiger partial charge in [-0.1, -0.05) is 18.2 Å². The SMILES string of the molecule is C/C=C/C=C/C(=O)Nc1cnccc1C. The van der Waals surface area contributed by atoms with Crippen LogP contribution in [0.5, 0.6) is 0 Å². The predicted octanol–water partition coefficient (Wildman–Crippen LogP) is 2.46. The number of amides is 1. The topological polar surface area (TPSA) is 42.0 Å². The number of anilines is 1. The summed E-state index contributed by atoms with van der Waals surface area (Å²) in [5.41, 5.74) is 1.74. The van der Waals surface area contributed by atoms with Crippen molar-refractivity contribution in [2.24, 2.45) is 0 Å². The van der Waals surface area contributed by atoms with E-state index in [1.54, 1.807) is 24.5 Å². The van der Waals surface area contributed by atoms with Crippen LogP contribution in [0, 0.1) is 6.92 Å². The van der Waals surface area contributed by atoms with Crippen LogP contribution >= 0.6 is 0 Å². The molecule has 1 aromatic rings.